The fourth-order valence-corrected chi connectivity index (χ4v) is 1.83. The number of hydrogen-bond acceptors (Lipinski definition) is 3. The van der Waals surface area contributed by atoms with E-state index in [1.54, 1.807) is 0 Å². The van der Waals surface area contributed by atoms with Crippen molar-refractivity contribution < 1.29 is 18.3 Å². The lowest BCUT2D eigenvalue weighted by Crippen LogP contribution is -2.55. The van der Waals surface area contributed by atoms with Crippen molar-refractivity contribution in [2.75, 3.05) is 26.7 Å². The predicted molar refractivity (Wildman–Crippen MR) is 50.3 cm³/mol. The SMILES string of the molecule is CN(CC(F)(F)F)CC(N)(CO)C1CC1. The van der Waals surface area contributed by atoms with Crippen molar-refractivity contribution in [2.24, 2.45) is 11.7 Å². The summed E-state index contributed by atoms with van der Waals surface area (Å²) in [7, 11) is 1.37. The minimum absolute atomic E-state index is 0.0771. The maximum absolute atomic E-state index is 12.1. The Kier molecular flexibility index (Phi) is 3.63. The summed E-state index contributed by atoms with van der Waals surface area (Å²) in [6.45, 7) is -1.17. The average molecular weight is 226 g/mol. The molecular formula is C9H17F3N2O. The van der Waals surface area contributed by atoms with E-state index in [0.29, 0.717) is 0 Å². The molecule has 0 amide bonds. The molecule has 0 saturated heterocycles. The average Bonchev–Trinajstić information content (AvgIpc) is 2.81. The number of aliphatic hydroxyl groups is 1. The molecule has 0 radical (unpaired) electrons. The van der Waals surface area contributed by atoms with Crippen LogP contribution >= 0.6 is 0 Å². The van der Waals surface area contributed by atoms with Gasteiger partial charge in [0.1, 0.15) is 0 Å². The van der Waals surface area contributed by atoms with E-state index in [1.165, 1.54) is 7.05 Å². The van der Waals surface area contributed by atoms with Gasteiger partial charge in [-0.3, -0.25) is 4.90 Å². The molecule has 0 heterocycles. The van der Waals surface area contributed by atoms with E-state index in [4.69, 9.17) is 10.8 Å². The molecule has 90 valence electrons. The van der Waals surface area contributed by atoms with Crippen LogP contribution in [0, 0.1) is 5.92 Å². The smallest absolute Gasteiger partial charge is 0.394 e. The summed E-state index contributed by atoms with van der Waals surface area (Å²) in [5.74, 6) is 0.165. The van der Waals surface area contributed by atoms with Crippen LogP contribution in [0.5, 0.6) is 0 Å². The van der Waals surface area contributed by atoms with Crippen LogP contribution in [0.4, 0.5) is 13.2 Å². The first-order valence-electron chi connectivity index (χ1n) is 4.92. The van der Waals surface area contributed by atoms with Crippen LogP contribution in [0.3, 0.4) is 0 Å². The van der Waals surface area contributed by atoms with E-state index in [0.717, 1.165) is 17.7 Å². The molecule has 0 spiro atoms. The summed E-state index contributed by atoms with van der Waals surface area (Å²) < 4.78 is 36.2. The highest BCUT2D eigenvalue weighted by molar-refractivity contribution is 5.00. The monoisotopic (exact) mass is 226 g/mol. The van der Waals surface area contributed by atoms with Crippen LogP contribution in [0.2, 0.25) is 0 Å². The largest absolute Gasteiger partial charge is 0.401 e. The Hall–Kier alpha value is -0.330. The normalized spacial score (nSPS) is 21.8. The van der Waals surface area contributed by atoms with Crippen LogP contribution in [0.25, 0.3) is 0 Å². The first-order chi connectivity index (χ1) is 6.77. The van der Waals surface area contributed by atoms with Crippen molar-refractivity contribution >= 4 is 0 Å². The highest BCUT2D eigenvalue weighted by Gasteiger charge is 2.43. The Balaban J connectivity index is 2.44. The van der Waals surface area contributed by atoms with Crippen LogP contribution in [-0.2, 0) is 0 Å². The van der Waals surface area contributed by atoms with Crippen LogP contribution in [0.1, 0.15) is 12.8 Å². The molecule has 1 aliphatic rings. The molecule has 3 nitrogen and oxygen atoms in total. The molecule has 1 fully saturated rings. The van der Waals surface area contributed by atoms with Gasteiger partial charge in [0.15, 0.2) is 0 Å². The fraction of sp³-hybridized carbons (Fsp3) is 1.00. The van der Waals surface area contributed by atoms with Crippen molar-refractivity contribution in [1.29, 1.82) is 0 Å². The molecule has 3 N–H and O–H groups in total. The highest BCUT2D eigenvalue weighted by Crippen LogP contribution is 2.38. The van der Waals surface area contributed by atoms with Gasteiger partial charge in [0.2, 0.25) is 0 Å². The van der Waals surface area contributed by atoms with Crippen molar-refractivity contribution in [3.05, 3.63) is 0 Å². The maximum atomic E-state index is 12.1. The van der Waals surface area contributed by atoms with Crippen LogP contribution in [0.15, 0.2) is 0 Å². The third-order valence-corrected chi connectivity index (χ3v) is 2.70. The van der Waals surface area contributed by atoms with Gasteiger partial charge < -0.3 is 10.8 Å². The van der Waals surface area contributed by atoms with Gasteiger partial charge in [-0.2, -0.15) is 13.2 Å². The second-order valence-electron chi connectivity index (χ2n) is 4.45. The summed E-state index contributed by atoms with van der Waals surface area (Å²) >= 11 is 0. The zero-order valence-electron chi connectivity index (χ0n) is 8.72. The summed E-state index contributed by atoms with van der Waals surface area (Å²) in [6.07, 6.45) is -2.41. The summed E-state index contributed by atoms with van der Waals surface area (Å²) in [6, 6.07) is 0. The molecule has 1 rings (SSSR count). The molecule has 0 aromatic rings. The van der Waals surface area contributed by atoms with Gasteiger partial charge in [-0.1, -0.05) is 0 Å². The Morgan fingerprint density at radius 1 is 1.33 bits per heavy atom. The van der Waals surface area contributed by atoms with E-state index < -0.39 is 18.3 Å². The lowest BCUT2D eigenvalue weighted by atomic mass is 9.95. The minimum atomic E-state index is -4.21. The molecule has 0 bridgehead atoms. The standard InChI is InChI=1S/C9H17F3N2O/c1-14(5-9(10,11)12)4-8(13,6-15)7-2-3-7/h7,15H,2-6,13H2,1H3. The number of likely N-dealkylation sites (N-methyl/N-ethyl adjacent to an activating group) is 1. The van der Waals surface area contributed by atoms with Gasteiger partial charge in [-0.05, 0) is 25.8 Å². The summed E-state index contributed by atoms with van der Waals surface area (Å²) in [5.41, 5.74) is 4.99. The maximum Gasteiger partial charge on any atom is 0.401 e. The number of halogens is 3. The lowest BCUT2D eigenvalue weighted by Gasteiger charge is -2.32. The minimum Gasteiger partial charge on any atom is -0.394 e. The first kappa shape index (κ1) is 12.7. The van der Waals surface area contributed by atoms with Crippen LogP contribution < -0.4 is 5.73 Å². The number of aliphatic hydroxyl groups excluding tert-OH is 1. The summed E-state index contributed by atoms with van der Waals surface area (Å²) in [4.78, 5) is 1.12. The fourth-order valence-electron chi connectivity index (χ4n) is 1.83. The lowest BCUT2D eigenvalue weighted by molar-refractivity contribution is -0.145. The molecule has 0 aromatic carbocycles. The number of alkyl halides is 3. The van der Waals surface area contributed by atoms with E-state index in [-0.39, 0.29) is 19.1 Å². The molecule has 1 aliphatic carbocycles. The Labute approximate surface area is 87.0 Å². The highest BCUT2D eigenvalue weighted by atomic mass is 19.4. The Bertz CT molecular complexity index is 218. The molecule has 0 aromatic heterocycles. The van der Waals surface area contributed by atoms with Gasteiger partial charge in [0.25, 0.3) is 0 Å². The van der Waals surface area contributed by atoms with Gasteiger partial charge in [0.05, 0.1) is 18.7 Å². The Morgan fingerprint density at radius 3 is 2.20 bits per heavy atom. The number of nitrogens with two attached hydrogens (primary N) is 1. The second kappa shape index (κ2) is 4.27. The van der Waals surface area contributed by atoms with E-state index in [2.05, 4.69) is 0 Å². The molecule has 1 unspecified atom stereocenters. The molecular weight excluding hydrogens is 209 g/mol. The topological polar surface area (TPSA) is 49.5 Å². The molecule has 0 aliphatic heterocycles. The van der Waals surface area contributed by atoms with Crippen molar-refractivity contribution in [3.8, 4) is 0 Å². The van der Waals surface area contributed by atoms with Gasteiger partial charge >= 0.3 is 6.18 Å². The molecule has 1 atom stereocenters. The van der Waals surface area contributed by atoms with Crippen molar-refractivity contribution in [2.45, 2.75) is 24.6 Å². The predicted octanol–water partition coefficient (Wildman–Crippen LogP) is 0.580. The van der Waals surface area contributed by atoms with Crippen molar-refractivity contribution in [1.82, 2.24) is 4.90 Å². The van der Waals surface area contributed by atoms with E-state index in [1.807, 2.05) is 0 Å². The number of hydrogen-bond donors (Lipinski definition) is 2. The van der Waals surface area contributed by atoms with Gasteiger partial charge in [-0.15, -0.1) is 0 Å². The van der Waals surface area contributed by atoms with Crippen molar-refractivity contribution in [3.63, 3.8) is 0 Å². The van der Waals surface area contributed by atoms with E-state index >= 15 is 0 Å². The second-order valence-corrected chi connectivity index (χ2v) is 4.45. The molecule has 15 heavy (non-hydrogen) atoms. The first-order valence-corrected chi connectivity index (χ1v) is 4.92. The van der Waals surface area contributed by atoms with Gasteiger partial charge in [-0.25, -0.2) is 0 Å². The van der Waals surface area contributed by atoms with Gasteiger partial charge in [0, 0.05) is 6.54 Å². The third kappa shape index (κ3) is 3.96. The quantitative estimate of drug-likeness (QED) is 0.721. The zero-order valence-corrected chi connectivity index (χ0v) is 8.72. The molecule has 1 saturated carbocycles. The molecule has 6 heteroatoms. The zero-order chi connectivity index (χ0) is 11.7. The van der Waals surface area contributed by atoms with E-state index in [9.17, 15) is 13.2 Å². The Morgan fingerprint density at radius 2 is 1.87 bits per heavy atom. The third-order valence-electron chi connectivity index (χ3n) is 2.70. The number of rotatable bonds is 5. The summed E-state index contributed by atoms with van der Waals surface area (Å²) in [5, 5.41) is 9.11. The number of nitrogens with zero attached hydrogens (tertiary/aromatic N) is 1. The van der Waals surface area contributed by atoms with Crippen LogP contribution in [-0.4, -0.2) is 48.5 Å².